The lowest BCUT2D eigenvalue weighted by Crippen LogP contribution is -2.19. The van der Waals surface area contributed by atoms with E-state index in [4.69, 9.17) is 0 Å². The molecule has 22 heavy (non-hydrogen) atoms. The molecule has 0 bridgehead atoms. The van der Waals surface area contributed by atoms with Gasteiger partial charge in [0, 0.05) is 12.2 Å². The summed E-state index contributed by atoms with van der Waals surface area (Å²) in [4.78, 5) is 11.9. The van der Waals surface area contributed by atoms with Crippen LogP contribution < -0.4 is 5.32 Å². The van der Waals surface area contributed by atoms with E-state index in [1.807, 2.05) is 20.8 Å². The van der Waals surface area contributed by atoms with Crippen LogP contribution in [0.3, 0.4) is 0 Å². The number of rotatable bonds is 5. The second kappa shape index (κ2) is 7.24. The van der Waals surface area contributed by atoms with Gasteiger partial charge in [-0.25, -0.2) is 0 Å². The molecular weight excluding hydrogens is 314 g/mol. The van der Waals surface area contributed by atoms with Gasteiger partial charge >= 0.3 is 0 Å². The molecule has 0 radical (unpaired) electrons. The molecule has 0 saturated carbocycles. The van der Waals surface area contributed by atoms with Crippen LogP contribution in [0.5, 0.6) is 0 Å². The fraction of sp³-hybridized carbons (Fsp3) is 0.438. The first kappa shape index (κ1) is 17.0. The SMILES string of the molecule is Cc1cccc(CSc2nnc(NC(=O)CC(C)(C)C)s2)c1. The predicted molar refractivity (Wildman–Crippen MR) is 93.4 cm³/mol. The molecule has 0 aliphatic heterocycles. The summed E-state index contributed by atoms with van der Waals surface area (Å²) >= 11 is 3.06. The molecule has 4 nitrogen and oxygen atoms in total. The number of hydrogen-bond donors (Lipinski definition) is 1. The molecule has 1 N–H and O–H groups in total. The van der Waals surface area contributed by atoms with Gasteiger partial charge in [-0.2, -0.15) is 0 Å². The number of thioether (sulfide) groups is 1. The third-order valence-corrected chi connectivity index (χ3v) is 4.83. The van der Waals surface area contributed by atoms with E-state index < -0.39 is 0 Å². The first-order chi connectivity index (χ1) is 10.3. The summed E-state index contributed by atoms with van der Waals surface area (Å²) in [6, 6.07) is 8.42. The lowest BCUT2D eigenvalue weighted by Gasteiger charge is -2.16. The van der Waals surface area contributed by atoms with Crippen LogP contribution in [0.4, 0.5) is 5.13 Å². The minimum atomic E-state index is -0.0302. The van der Waals surface area contributed by atoms with Gasteiger partial charge in [-0.1, -0.05) is 73.7 Å². The van der Waals surface area contributed by atoms with Crippen LogP contribution in [0.1, 0.15) is 38.3 Å². The highest BCUT2D eigenvalue weighted by Crippen LogP contribution is 2.29. The van der Waals surface area contributed by atoms with Crippen LogP contribution in [0.15, 0.2) is 28.6 Å². The van der Waals surface area contributed by atoms with Gasteiger partial charge in [0.1, 0.15) is 0 Å². The van der Waals surface area contributed by atoms with Crippen molar-refractivity contribution in [2.24, 2.45) is 5.41 Å². The predicted octanol–water partition coefficient (Wildman–Crippen LogP) is 4.51. The fourth-order valence-corrected chi connectivity index (χ4v) is 3.62. The monoisotopic (exact) mass is 335 g/mol. The Labute approximate surface area is 139 Å². The number of benzene rings is 1. The molecule has 1 amide bonds. The van der Waals surface area contributed by atoms with Gasteiger partial charge in [-0.15, -0.1) is 10.2 Å². The molecular formula is C16H21N3OS2. The topological polar surface area (TPSA) is 54.9 Å². The lowest BCUT2D eigenvalue weighted by molar-refractivity contribution is -0.117. The Morgan fingerprint density at radius 1 is 1.32 bits per heavy atom. The number of aromatic nitrogens is 2. The van der Waals surface area contributed by atoms with E-state index in [1.54, 1.807) is 11.8 Å². The number of hydrogen-bond acceptors (Lipinski definition) is 5. The standard InChI is InChI=1S/C16H21N3OS2/c1-11-6-5-7-12(8-11)10-21-15-19-18-14(22-15)17-13(20)9-16(2,3)4/h5-8H,9-10H2,1-4H3,(H,17,18,20). The van der Waals surface area contributed by atoms with Crippen molar-refractivity contribution in [1.82, 2.24) is 10.2 Å². The Morgan fingerprint density at radius 2 is 2.09 bits per heavy atom. The molecule has 0 unspecified atom stereocenters. The normalized spacial score (nSPS) is 11.5. The maximum absolute atomic E-state index is 11.9. The number of nitrogens with one attached hydrogen (secondary N) is 1. The smallest absolute Gasteiger partial charge is 0.226 e. The van der Waals surface area contributed by atoms with Gasteiger partial charge in [-0.05, 0) is 17.9 Å². The molecule has 1 aromatic heterocycles. The van der Waals surface area contributed by atoms with E-state index in [0.29, 0.717) is 11.6 Å². The van der Waals surface area contributed by atoms with Crippen LogP contribution in [-0.4, -0.2) is 16.1 Å². The zero-order valence-corrected chi connectivity index (χ0v) is 15.0. The van der Waals surface area contributed by atoms with E-state index in [0.717, 1.165) is 10.1 Å². The molecule has 0 spiro atoms. The largest absolute Gasteiger partial charge is 0.300 e. The van der Waals surface area contributed by atoms with Crippen molar-refractivity contribution in [2.75, 3.05) is 5.32 Å². The first-order valence-corrected chi connectivity index (χ1v) is 8.94. The summed E-state index contributed by atoms with van der Waals surface area (Å²) in [7, 11) is 0. The average Bonchev–Trinajstić information content (AvgIpc) is 2.81. The zero-order chi connectivity index (χ0) is 16.2. The van der Waals surface area contributed by atoms with E-state index in [2.05, 4.69) is 46.7 Å². The summed E-state index contributed by atoms with van der Waals surface area (Å²) in [6.45, 7) is 8.20. The second-order valence-corrected chi connectivity index (χ2v) is 8.64. The van der Waals surface area contributed by atoms with Crippen LogP contribution in [0, 0.1) is 12.3 Å². The van der Waals surface area contributed by atoms with Crippen molar-refractivity contribution in [3.63, 3.8) is 0 Å². The van der Waals surface area contributed by atoms with Crippen LogP contribution >= 0.6 is 23.1 Å². The lowest BCUT2D eigenvalue weighted by atomic mass is 9.92. The van der Waals surface area contributed by atoms with Crippen molar-refractivity contribution in [2.45, 2.75) is 44.2 Å². The molecule has 2 aromatic rings. The van der Waals surface area contributed by atoms with E-state index in [9.17, 15) is 4.79 Å². The molecule has 0 fully saturated rings. The molecule has 0 aliphatic carbocycles. The Hall–Kier alpha value is -1.40. The number of carbonyl (C=O) groups is 1. The summed E-state index contributed by atoms with van der Waals surface area (Å²) in [5.74, 6) is 0.839. The highest BCUT2D eigenvalue weighted by Gasteiger charge is 2.17. The second-order valence-electron chi connectivity index (χ2n) is 6.44. The molecule has 1 aromatic carbocycles. The average molecular weight is 335 g/mol. The van der Waals surface area contributed by atoms with E-state index in [-0.39, 0.29) is 11.3 Å². The minimum absolute atomic E-state index is 0.0149. The quantitative estimate of drug-likeness (QED) is 0.645. The summed E-state index contributed by atoms with van der Waals surface area (Å²) in [5.41, 5.74) is 2.49. The number of anilines is 1. The molecule has 0 aliphatic rings. The summed E-state index contributed by atoms with van der Waals surface area (Å²) < 4.78 is 0.868. The Balaban J connectivity index is 1.87. The molecule has 0 atom stereocenters. The molecule has 6 heteroatoms. The van der Waals surface area contributed by atoms with Gasteiger partial charge in [0.25, 0.3) is 0 Å². The van der Waals surface area contributed by atoms with Crippen molar-refractivity contribution < 1.29 is 4.79 Å². The molecule has 118 valence electrons. The molecule has 0 saturated heterocycles. The van der Waals surface area contributed by atoms with Crippen LogP contribution in [-0.2, 0) is 10.5 Å². The Kier molecular flexibility index (Phi) is 5.58. The molecule has 2 rings (SSSR count). The number of nitrogens with zero attached hydrogens (tertiary/aromatic N) is 2. The van der Waals surface area contributed by atoms with E-state index >= 15 is 0 Å². The van der Waals surface area contributed by atoms with Gasteiger partial charge in [-0.3, -0.25) is 4.79 Å². The minimum Gasteiger partial charge on any atom is -0.300 e. The third kappa shape index (κ3) is 5.77. The third-order valence-electron chi connectivity index (χ3n) is 2.79. The number of amides is 1. The zero-order valence-electron chi connectivity index (χ0n) is 13.3. The van der Waals surface area contributed by atoms with Crippen molar-refractivity contribution in [3.05, 3.63) is 35.4 Å². The van der Waals surface area contributed by atoms with Gasteiger partial charge < -0.3 is 5.32 Å². The Morgan fingerprint density at radius 3 is 2.77 bits per heavy atom. The van der Waals surface area contributed by atoms with Crippen molar-refractivity contribution >= 4 is 34.1 Å². The number of aryl methyl sites for hydroxylation is 1. The fourth-order valence-electron chi connectivity index (χ4n) is 1.91. The number of carbonyl (C=O) groups excluding carboxylic acids is 1. The Bertz CT molecular complexity index is 647. The van der Waals surface area contributed by atoms with Gasteiger partial charge in [0.15, 0.2) is 4.34 Å². The first-order valence-electron chi connectivity index (χ1n) is 7.13. The van der Waals surface area contributed by atoms with Crippen molar-refractivity contribution in [3.8, 4) is 0 Å². The highest BCUT2D eigenvalue weighted by atomic mass is 32.2. The van der Waals surface area contributed by atoms with Gasteiger partial charge in [0.05, 0.1) is 0 Å². The molecule has 1 heterocycles. The van der Waals surface area contributed by atoms with Gasteiger partial charge in [0.2, 0.25) is 11.0 Å². The van der Waals surface area contributed by atoms with Crippen LogP contribution in [0.2, 0.25) is 0 Å². The van der Waals surface area contributed by atoms with E-state index in [1.165, 1.54) is 22.5 Å². The maximum Gasteiger partial charge on any atom is 0.226 e. The van der Waals surface area contributed by atoms with Crippen molar-refractivity contribution in [1.29, 1.82) is 0 Å². The maximum atomic E-state index is 11.9. The van der Waals surface area contributed by atoms with Crippen LogP contribution in [0.25, 0.3) is 0 Å². The summed E-state index contributed by atoms with van der Waals surface area (Å²) in [5, 5.41) is 11.5. The summed E-state index contributed by atoms with van der Waals surface area (Å²) in [6.07, 6.45) is 0.471. The highest BCUT2D eigenvalue weighted by molar-refractivity contribution is 8.00.